The molecular formula is C19H15Cl2F3N2O5. The first-order chi connectivity index (χ1) is 14.6. The molecule has 0 fully saturated rings. The first-order valence-corrected chi connectivity index (χ1v) is 9.32. The van der Waals surface area contributed by atoms with Crippen LogP contribution in [-0.4, -0.2) is 37.0 Å². The van der Waals surface area contributed by atoms with Gasteiger partial charge in [-0.1, -0.05) is 23.2 Å². The Morgan fingerprint density at radius 2 is 1.77 bits per heavy atom. The van der Waals surface area contributed by atoms with Gasteiger partial charge in [-0.25, -0.2) is 18.0 Å². The van der Waals surface area contributed by atoms with Crippen molar-refractivity contribution < 1.29 is 37.0 Å². The summed E-state index contributed by atoms with van der Waals surface area (Å²) in [5, 5.41) is 4.68. The highest BCUT2D eigenvalue weighted by atomic mass is 35.5. The summed E-state index contributed by atoms with van der Waals surface area (Å²) >= 11 is 11.6. The number of hydrogen-bond donors (Lipinski definition) is 2. The molecule has 0 aliphatic heterocycles. The molecule has 0 saturated heterocycles. The summed E-state index contributed by atoms with van der Waals surface area (Å²) in [5.41, 5.74) is -0.601. The largest absolute Gasteiger partial charge is 0.480 e. The van der Waals surface area contributed by atoms with Crippen LogP contribution in [0.1, 0.15) is 6.92 Å². The molecule has 0 bridgehead atoms. The molecule has 2 N–H and O–H groups in total. The van der Waals surface area contributed by atoms with Gasteiger partial charge in [-0.15, -0.1) is 0 Å². The van der Waals surface area contributed by atoms with E-state index < -0.39 is 60.2 Å². The predicted octanol–water partition coefficient (Wildman–Crippen LogP) is 3.48. The van der Waals surface area contributed by atoms with Crippen LogP contribution in [0, 0.1) is 17.5 Å². The zero-order valence-corrected chi connectivity index (χ0v) is 17.3. The van der Waals surface area contributed by atoms with Gasteiger partial charge in [0.25, 0.3) is 5.91 Å². The first-order valence-electron chi connectivity index (χ1n) is 8.57. The van der Waals surface area contributed by atoms with Crippen molar-refractivity contribution in [3.8, 4) is 5.75 Å². The van der Waals surface area contributed by atoms with E-state index in [0.717, 1.165) is 6.07 Å². The van der Waals surface area contributed by atoms with Gasteiger partial charge in [0.05, 0.1) is 17.3 Å². The number of halogens is 5. The molecule has 0 aromatic heterocycles. The van der Waals surface area contributed by atoms with Crippen molar-refractivity contribution >= 4 is 46.7 Å². The van der Waals surface area contributed by atoms with Crippen molar-refractivity contribution in [2.45, 2.75) is 13.0 Å². The summed E-state index contributed by atoms with van der Waals surface area (Å²) in [5.74, 6) is -7.20. The average Bonchev–Trinajstić information content (AvgIpc) is 2.71. The molecule has 31 heavy (non-hydrogen) atoms. The second kappa shape index (κ2) is 10.9. The minimum atomic E-state index is -1.75. The van der Waals surface area contributed by atoms with Crippen LogP contribution >= 0.6 is 23.2 Å². The number of esters is 1. The van der Waals surface area contributed by atoms with E-state index in [9.17, 15) is 27.6 Å². The average molecular weight is 479 g/mol. The highest BCUT2D eigenvalue weighted by Gasteiger charge is 2.20. The minimum Gasteiger partial charge on any atom is -0.480 e. The van der Waals surface area contributed by atoms with Crippen LogP contribution in [0.3, 0.4) is 0 Å². The van der Waals surface area contributed by atoms with E-state index in [1.54, 1.807) is 0 Å². The molecule has 2 aromatic rings. The molecule has 0 aliphatic rings. The summed E-state index contributed by atoms with van der Waals surface area (Å²) in [4.78, 5) is 35.5. The van der Waals surface area contributed by atoms with Crippen LogP contribution in [0.15, 0.2) is 30.3 Å². The highest BCUT2D eigenvalue weighted by Crippen LogP contribution is 2.27. The van der Waals surface area contributed by atoms with Crippen molar-refractivity contribution in [2.24, 2.45) is 0 Å². The number of hydrogen-bond acceptors (Lipinski definition) is 5. The summed E-state index contributed by atoms with van der Waals surface area (Å²) in [6, 6.07) is 5.82. The lowest BCUT2D eigenvalue weighted by Crippen LogP contribution is -2.40. The van der Waals surface area contributed by atoms with E-state index in [2.05, 4.69) is 5.32 Å². The van der Waals surface area contributed by atoms with E-state index in [1.807, 2.05) is 5.32 Å². The number of carbonyl (C=O) groups is 3. The van der Waals surface area contributed by atoms with Crippen LogP contribution in [0.25, 0.3) is 0 Å². The van der Waals surface area contributed by atoms with Gasteiger partial charge in [0, 0.05) is 5.02 Å². The van der Waals surface area contributed by atoms with Gasteiger partial charge in [0.1, 0.15) is 5.75 Å². The topological polar surface area (TPSA) is 93.7 Å². The van der Waals surface area contributed by atoms with E-state index in [0.29, 0.717) is 11.1 Å². The van der Waals surface area contributed by atoms with E-state index in [4.69, 9.17) is 32.7 Å². The molecular weight excluding hydrogens is 464 g/mol. The Morgan fingerprint density at radius 1 is 1.06 bits per heavy atom. The fourth-order valence-corrected chi connectivity index (χ4v) is 2.60. The second-order valence-electron chi connectivity index (χ2n) is 5.98. The van der Waals surface area contributed by atoms with Crippen LogP contribution < -0.4 is 15.4 Å². The van der Waals surface area contributed by atoms with Crippen LogP contribution in [0.4, 0.5) is 18.9 Å². The summed E-state index contributed by atoms with van der Waals surface area (Å²) < 4.78 is 49.6. The first kappa shape index (κ1) is 24.3. The third-order valence-electron chi connectivity index (χ3n) is 3.65. The van der Waals surface area contributed by atoms with Gasteiger partial charge in [-0.2, -0.15) is 0 Å². The maximum absolute atomic E-state index is 13.5. The summed E-state index contributed by atoms with van der Waals surface area (Å²) in [6.45, 7) is 0.0559. The lowest BCUT2D eigenvalue weighted by molar-refractivity contribution is -0.156. The molecule has 166 valence electrons. The molecule has 12 heteroatoms. The normalized spacial score (nSPS) is 11.4. The minimum absolute atomic E-state index is 0.176. The quantitative estimate of drug-likeness (QED) is 0.447. The monoisotopic (exact) mass is 478 g/mol. The fraction of sp³-hybridized carbons (Fsp3) is 0.211. The molecule has 0 heterocycles. The van der Waals surface area contributed by atoms with Gasteiger partial charge < -0.3 is 20.1 Å². The lowest BCUT2D eigenvalue weighted by atomic mass is 10.2. The zero-order chi connectivity index (χ0) is 23.1. The van der Waals surface area contributed by atoms with Gasteiger partial charge in [-0.05, 0) is 37.3 Å². The number of ether oxygens (including phenoxy) is 2. The SMILES string of the molecule is CC(OC(=O)COc1ccc(Cl)cc1Cl)C(=O)NCC(=O)Nc1ccc(F)c(F)c1F. The number of rotatable bonds is 8. The Kier molecular flexibility index (Phi) is 8.52. The number of carbonyl (C=O) groups excluding carboxylic acids is 3. The Labute approximate surface area is 184 Å². The molecule has 0 radical (unpaired) electrons. The molecule has 7 nitrogen and oxygen atoms in total. The van der Waals surface area contributed by atoms with E-state index in [1.165, 1.54) is 25.1 Å². The van der Waals surface area contributed by atoms with Crippen molar-refractivity contribution in [2.75, 3.05) is 18.5 Å². The van der Waals surface area contributed by atoms with Crippen molar-refractivity contribution in [1.82, 2.24) is 5.32 Å². The lowest BCUT2D eigenvalue weighted by Gasteiger charge is -2.14. The molecule has 1 atom stereocenters. The predicted molar refractivity (Wildman–Crippen MR) is 105 cm³/mol. The van der Waals surface area contributed by atoms with Crippen molar-refractivity contribution in [1.29, 1.82) is 0 Å². The Balaban J connectivity index is 1.78. The molecule has 0 aliphatic carbocycles. The number of anilines is 1. The van der Waals surface area contributed by atoms with Crippen LogP contribution in [0.2, 0.25) is 10.0 Å². The summed E-state index contributed by atoms with van der Waals surface area (Å²) in [7, 11) is 0. The maximum Gasteiger partial charge on any atom is 0.344 e. The zero-order valence-electron chi connectivity index (χ0n) is 15.8. The highest BCUT2D eigenvalue weighted by molar-refractivity contribution is 6.35. The van der Waals surface area contributed by atoms with Gasteiger partial charge in [-0.3, -0.25) is 9.59 Å². The van der Waals surface area contributed by atoms with Gasteiger partial charge in [0.15, 0.2) is 30.2 Å². The standard InChI is InChI=1S/C19H15Cl2F3N2O5/c1-9(31-16(28)8-30-14-5-2-10(20)6-11(14)21)19(29)25-7-15(27)26-13-4-3-12(22)17(23)18(13)24/h2-6,9H,7-8H2,1H3,(H,25,29)(H,26,27). The fourth-order valence-electron chi connectivity index (χ4n) is 2.14. The van der Waals surface area contributed by atoms with Gasteiger partial charge >= 0.3 is 5.97 Å². The molecule has 2 aromatic carbocycles. The molecule has 1 unspecified atom stereocenters. The van der Waals surface area contributed by atoms with E-state index >= 15 is 0 Å². The summed E-state index contributed by atoms with van der Waals surface area (Å²) in [6.07, 6.45) is -1.29. The molecule has 0 spiro atoms. The molecule has 2 rings (SSSR count). The number of amides is 2. The Hall–Kier alpha value is -2.98. The van der Waals surface area contributed by atoms with Gasteiger partial charge in [0.2, 0.25) is 5.91 Å². The maximum atomic E-state index is 13.5. The third-order valence-corrected chi connectivity index (χ3v) is 4.18. The van der Waals surface area contributed by atoms with E-state index in [-0.39, 0.29) is 10.8 Å². The van der Waals surface area contributed by atoms with Crippen molar-refractivity contribution in [3.05, 3.63) is 57.8 Å². The third kappa shape index (κ3) is 7.04. The van der Waals surface area contributed by atoms with Crippen molar-refractivity contribution in [3.63, 3.8) is 0 Å². The molecule has 2 amide bonds. The number of benzene rings is 2. The molecule has 0 saturated carbocycles. The smallest absolute Gasteiger partial charge is 0.344 e. The Morgan fingerprint density at radius 3 is 2.45 bits per heavy atom. The van der Waals surface area contributed by atoms with Crippen LogP contribution in [0.5, 0.6) is 5.75 Å². The van der Waals surface area contributed by atoms with Crippen LogP contribution in [-0.2, 0) is 19.1 Å². The number of nitrogens with one attached hydrogen (secondary N) is 2. The Bertz CT molecular complexity index is 1010. The second-order valence-corrected chi connectivity index (χ2v) is 6.83.